The van der Waals surface area contributed by atoms with Crippen molar-refractivity contribution in [2.24, 2.45) is 5.41 Å². The Morgan fingerprint density at radius 2 is 1.67 bits per heavy atom. The normalized spacial score (nSPS) is 15.8. The van der Waals surface area contributed by atoms with Gasteiger partial charge in [-0.05, 0) is 36.1 Å². The number of benzene rings is 2. The summed E-state index contributed by atoms with van der Waals surface area (Å²) >= 11 is 0. The average molecular weight is 371 g/mol. The molecule has 0 unspecified atom stereocenters. The summed E-state index contributed by atoms with van der Waals surface area (Å²) in [5.74, 6) is 0.0185. The fraction of sp³-hybridized carbons (Fsp3) is 0.478. The van der Waals surface area contributed by atoms with Gasteiger partial charge in [0.25, 0.3) is 0 Å². The van der Waals surface area contributed by atoms with Crippen LogP contribution in [0.2, 0.25) is 0 Å². The maximum atomic E-state index is 14.5. The molecule has 1 heterocycles. The van der Waals surface area contributed by atoms with Gasteiger partial charge in [0.1, 0.15) is 6.61 Å². The zero-order chi connectivity index (χ0) is 19.3. The molecule has 1 aliphatic rings. The van der Waals surface area contributed by atoms with Gasteiger partial charge in [0.05, 0.1) is 0 Å². The molecule has 2 aromatic rings. The lowest BCUT2D eigenvalue weighted by Crippen LogP contribution is -2.47. The lowest BCUT2D eigenvalue weighted by Gasteiger charge is -2.37. The van der Waals surface area contributed by atoms with Crippen molar-refractivity contribution in [1.82, 2.24) is 4.90 Å². The van der Waals surface area contributed by atoms with Crippen molar-refractivity contribution in [3.63, 3.8) is 0 Å². The van der Waals surface area contributed by atoms with Gasteiger partial charge in [-0.25, -0.2) is 4.39 Å². The molecule has 0 amide bonds. The maximum absolute atomic E-state index is 14.5. The van der Waals surface area contributed by atoms with E-state index in [0.29, 0.717) is 17.8 Å². The fourth-order valence-electron chi connectivity index (χ4n) is 3.26. The summed E-state index contributed by atoms with van der Waals surface area (Å²) in [6.45, 7) is 12.3. The number of ether oxygens (including phenoxy) is 1. The highest BCUT2D eigenvalue weighted by Crippen LogP contribution is 2.26. The molecule has 2 aromatic carbocycles. The zero-order valence-corrected chi connectivity index (χ0v) is 16.7. The van der Waals surface area contributed by atoms with Gasteiger partial charge in [0.15, 0.2) is 11.6 Å². The lowest BCUT2D eigenvalue weighted by atomic mass is 9.92. The molecule has 3 nitrogen and oxygen atoms in total. The Hall–Kier alpha value is -2.07. The van der Waals surface area contributed by atoms with Crippen LogP contribution in [0.3, 0.4) is 0 Å². The van der Waals surface area contributed by atoms with Crippen LogP contribution >= 0.6 is 0 Å². The largest absolute Gasteiger partial charge is 0.486 e. The van der Waals surface area contributed by atoms with E-state index in [1.165, 1.54) is 6.42 Å². The van der Waals surface area contributed by atoms with E-state index >= 15 is 0 Å². The van der Waals surface area contributed by atoms with E-state index in [9.17, 15) is 4.39 Å². The van der Waals surface area contributed by atoms with Gasteiger partial charge in [0, 0.05) is 37.9 Å². The molecule has 0 spiro atoms. The van der Waals surface area contributed by atoms with E-state index < -0.39 is 0 Å². The van der Waals surface area contributed by atoms with Gasteiger partial charge in [-0.1, -0.05) is 51.1 Å². The summed E-state index contributed by atoms with van der Waals surface area (Å²) < 4.78 is 20.1. The van der Waals surface area contributed by atoms with Crippen LogP contribution in [-0.4, -0.2) is 37.6 Å². The minimum Gasteiger partial charge on any atom is -0.486 e. The molecule has 4 heteroatoms. The molecule has 1 saturated heterocycles. The standard InChI is InChI=1S/C23H31FN2O/c1-23(2,3)11-12-25-13-15-26(16-14-25)20-9-10-22(21(24)17-20)27-18-19-7-5-4-6-8-19/h4-10,17H,11-16,18H2,1-3H3. The number of piperazine rings is 1. The van der Waals surface area contributed by atoms with Crippen molar-refractivity contribution in [3.8, 4) is 5.75 Å². The predicted molar refractivity (Wildman–Crippen MR) is 110 cm³/mol. The molecule has 1 aliphatic heterocycles. The van der Waals surface area contributed by atoms with Crippen LogP contribution < -0.4 is 9.64 Å². The molecule has 0 saturated carbocycles. The third-order valence-electron chi connectivity index (χ3n) is 5.07. The third-order valence-corrected chi connectivity index (χ3v) is 5.07. The highest BCUT2D eigenvalue weighted by Gasteiger charge is 2.20. The summed E-state index contributed by atoms with van der Waals surface area (Å²) in [4.78, 5) is 4.77. The van der Waals surface area contributed by atoms with E-state index in [-0.39, 0.29) is 5.82 Å². The smallest absolute Gasteiger partial charge is 0.167 e. The predicted octanol–water partition coefficient (Wildman–Crippen LogP) is 4.96. The molecule has 0 bridgehead atoms. The van der Waals surface area contributed by atoms with Crippen LogP contribution in [0.1, 0.15) is 32.8 Å². The number of halogens is 1. The van der Waals surface area contributed by atoms with E-state index in [1.54, 1.807) is 12.1 Å². The molecule has 0 aromatic heterocycles. The van der Waals surface area contributed by atoms with Crippen molar-refractivity contribution >= 4 is 5.69 Å². The Kier molecular flexibility index (Phi) is 6.38. The van der Waals surface area contributed by atoms with Crippen LogP contribution in [0.25, 0.3) is 0 Å². The first kappa shape index (κ1) is 19.7. The lowest BCUT2D eigenvalue weighted by molar-refractivity contribution is 0.217. The van der Waals surface area contributed by atoms with Crippen molar-refractivity contribution in [1.29, 1.82) is 0 Å². The Morgan fingerprint density at radius 1 is 0.963 bits per heavy atom. The molecule has 0 radical (unpaired) electrons. The van der Waals surface area contributed by atoms with E-state index in [4.69, 9.17) is 4.74 Å². The molecule has 146 valence electrons. The highest BCUT2D eigenvalue weighted by molar-refractivity contribution is 5.50. The molecule has 0 N–H and O–H groups in total. The summed E-state index contributed by atoms with van der Waals surface area (Å²) in [6.07, 6.45) is 1.20. The Bertz CT molecular complexity index is 719. The second-order valence-electron chi connectivity index (χ2n) is 8.53. The third kappa shape index (κ3) is 5.96. The second-order valence-corrected chi connectivity index (χ2v) is 8.53. The highest BCUT2D eigenvalue weighted by atomic mass is 19.1. The van der Waals surface area contributed by atoms with Crippen molar-refractivity contribution < 1.29 is 9.13 Å². The Labute approximate surface area is 162 Å². The fourth-order valence-corrected chi connectivity index (χ4v) is 3.26. The SMILES string of the molecule is CC(C)(C)CCN1CCN(c2ccc(OCc3ccccc3)c(F)c2)CC1. The van der Waals surface area contributed by atoms with Gasteiger partial charge >= 0.3 is 0 Å². The quantitative estimate of drug-likeness (QED) is 0.714. The van der Waals surface area contributed by atoms with Gasteiger partial charge in [-0.15, -0.1) is 0 Å². The summed E-state index contributed by atoms with van der Waals surface area (Å²) in [5.41, 5.74) is 2.35. The number of nitrogens with zero attached hydrogens (tertiary/aromatic N) is 2. The monoisotopic (exact) mass is 370 g/mol. The van der Waals surface area contributed by atoms with Gasteiger partial charge < -0.3 is 9.64 Å². The molecule has 3 rings (SSSR count). The van der Waals surface area contributed by atoms with E-state index in [0.717, 1.165) is 44.0 Å². The second kappa shape index (κ2) is 8.75. The molecule has 27 heavy (non-hydrogen) atoms. The van der Waals surface area contributed by atoms with Crippen LogP contribution in [0, 0.1) is 11.2 Å². The minimum atomic E-state index is -0.293. The van der Waals surface area contributed by atoms with E-state index in [1.807, 2.05) is 36.4 Å². The van der Waals surface area contributed by atoms with Gasteiger partial charge in [-0.2, -0.15) is 0 Å². The van der Waals surface area contributed by atoms with Crippen LogP contribution in [-0.2, 0) is 6.61 Å². The molecule has 0 aliphatic carbocycles. The zero-order valence-electron chi connectivity index (χ0n) is 16.7. The van der Waals surface area contributed by atoms with E-state index in [2.05, 4.69) is 30.6 Å². The number of anilines is 1. The van der Waals surface area contributed by atoms with Crippen molar-refractivity contribution in [2.45, 2.75) is 33.8 Å². The average Bonchev–Trinajstić information content (AvgIpc) is 2.66. The first-order chi connectivity index (χ1) is 12.9. The first-order valence-electron chi connectivity index (χ1n) is 9.84. The van der Waals surface area contributed by atoms with Crippen LogP contribution in [0.5, 0.6) is 5.75 Å². The summed E-state index contributed by atoms with van der Waals surface area (Å²) in [5, 5.41) is 0. The number of hydrogen-bond acceptors (Lipinski definition) is 3. The van der Waals surface area contributed by atoms with Gasteiger partial charge in [0.2, 0.25) is 0 Å². The molecule has 1 fully saturated rings. The number of hydrogen-bond donors (Lipinski definition) is 0. The summed E-state index contributed by atoms with van der Waals surface area (Å²) in [7, 11) is 0. The topological polar surface area (TPSA) is 15.7 Å². The minimum absolute atomic E-state index is 0.293. The number of rotatable bonds is 6. The van der Waals surface area contributed by atoms with Gasteiger partial charge in [-0.3, -0.25) is 4.90 Å². The van der Waals surface area contributed by atoms with Crippen molar-refractivity contribution in [2.75, 3.05) is 37.6 Å². The molecular formula is C23H31FN2O. The van der Waals surface area contributed by atoms with Crippen LogP contribution in [0.4, 0.5) is 10.1 Å². The van der Waals surface area contributed by atoms with Crippen molar-refractivity contribution in [3.05, 3.63) is 59.9 Å². The van der Waals surface area contributed by atoms with Crippen LogP contribution in [0.15, 0.2) is 48.5 Å². The molecule has 0 atom stereocenters. The summed E-state index contributed by atoms with van der Waals surface area (Å²) in [6, 6.07) is 15.1. The first-order valence-corrected chi connectivity index (χ1v) is 9.84. The maximum Gasteiger partial charge on any atom is 0.167 e. The Morgan fingerprint density at radius 3 is 2.30 bits per heavy atom. The molecular weight excluding hydrogens is 339 g/mol. The Balaban J connectivity index is 1.52.